The van der Waals surface area contributed by atoms with Gasteiger partial charge in [-0.1, -0.05) is 176 Å². The van der Waals surface area contributed by atoms with Crippen LogP contribution >= 0.6 is 0 Å². The number of anilines is 3. The Bertz CT molecular complexity index is 2910. The molecule has 0 bridgehead atoms. The van der Waals surface area contributed by atoms with Crippen molar-refractivity contribution in [2.45, 2.75) is 0 Å². The highest BCUT2D eigenvalue weighted by Gasteiger charge is 2.20. The summed E-state index contributed by atoms with van der Waals surface area (Å²) in [7, 11) is 0. The smallest absolute Gasteiger partial charge is 0.0546 e. The molecule has 0 unspecified atom stereocenters. The molecular weight excluding hydrogens is 639 g/mol. The van der Waals surface area contributed by atoms with Crippen molar-refractivity contribution in [2.75, 3.05) is 4.90 Å². The van der Waals surface area contributed by atoms with Crippen molar-refractivity contribution in [3.05, 3.63) is 212 Å². The van der Waals surface area contributed by atoms with Gasteiger partial charge in [-0.2, -0.15) is 0 Å². The molecule has 1 heteroatoms. The summed E-state index contributed by atoms with van der Waals surface area (Å²) in [5.41, 5.74) is 10.6. The number of rotatable bonds is 6. The highest BCUT2D eigenvalue weighted by molar-refractivity contribution is 6.17. The van der Waals surface area contributed by atoms with E-state index in [1.165, 1.54) is 76.5 Å². The number of benzene rings is 10. The van der Waals surface area contributed by atoms with Crippen LogP contribution in [0, 0.1) is 0 Å². The Morgan fingerprint density at radius 1 is 0.245 bits per heavy atom. The van der Waals surface area contributed by atoms with E-state index >= 15 is 0 Å². The molecule has 1 nitrogen and oxygen atoms in total. The molecule has 0 aliphatic rings. The van der Waals surface area contributed by atoms with Gasteiger partial charge in [-0.15, -0.1) is 0 Å². The lowest BCUT2D eigenvalue weighted by Gasteiger charge is -2.29. The molecule has 0 aromatic heterocycles. The van der Waals surface area contributed by atoms with Crippen LogP contribution < -0.4 is 4.90 Å². The molecule has 0 aliphatic carbocycles. The fourth-order valence-corrected chi connectivity index (χ4v) is 8.02. The molecule has 248 valence electrons. The molecule has 0 radical (unpaired) electrons. The van der Waals surface area contributed by atoms with E-state index < -0.39 is 0 Å². The molecule has 10 aromatic carbocycles. The minimum atomic E-state index is 1.10. The predicted molar refractivity (Wildman–Crippen MR) is 227 cm³/mol. The zero-order valence-electron chi connectivity index (χ0n) is 29.2. The van der Waals surface area contributed by atoms with Gasteiger partial charge in [0.15, 0.2) is 0 Å². The third-order valence-electron chi connectivity index (χ3n) is 10.6. The monoisotopic (exact) mass is 673 g/mol. The Labute approximate surface area is 309 Å². The van der Waals surface area contributed by atoms with Crippen LogP contribution in [0.25, 0.3) is 76.5 Å². The lowest BCUT2D eigenvalue weighted by atomic mass is 9.94. The Morgan fingerprint density at radius 2 is 0.679 bits per heavy atom. The lowest BCUT2D eigenvalue weighted by Crippen LogP contribution is -2.11. The average Bonchev–Trinajstić information content (AvgIpc) is 3.24. The summed E-state index contributed by atoms with van der Waals surface area (Å²) < 4.78 is 0. The summed E-state index contributed by atoms with van der Waals surface area (Å²) in [5.74, 6) is 0. The van der Waals surface area contributed by atoms with Crippen molar-refractivity contribution in [1.29, 1.82) is 0 Å². The van der Waals surface area contributed by atoms with E-state index in [1.807, 2.05) is 0 Å². The Kier molecular flexibility index (Phi) is 7.55. The van der Waals surface area contributed by atoms with Crippen LogP contribution in [-0.2, 0) is 0 Å². The van der Waals surface area contributed by atoms with Gasteiger partial charge in [0.2, 0.25) is 0 Å². The van der Waals surface area contributed by atoms with E-state index in [9.17, 15) is 0 Å². The van der Waals surface area contributed by atoms with Crippen LogP contribution in [0.15, 0.2) is 212 Å². The molecule has 10 rings (SSSR count). The van der Waals surface area contributed by atoms with Crippen molar-refractivity contribution in [2.24, 2.45) is 0 Å². The largest absolute Gasteiger partial charge is 0.310 e. The summed E-state index contributed by atoms with van der Waals surface area (Å²) >= 11 is 0. The van der Waals surface area contributed by atoms with Crippen LogP contribution in [0.1, 0.15) is 0 Å². The van der Waals surface area contributed by atoms with Crippen molar-refractivity contribution in [3.63, 3.8) is 0 Å². The van der Waals surface area contributed by atoms with Crippen LogP contribution in [-0.4, -0.2) is 0 Å². The standard InChI is InChI=1S/C52H35N/c1-3-11-36(12-4-1)37-21-28-44(29-22-37)53(51-34-27-40-14-8-10-18-47(40)52(51)42-15-5-2-6-16-42)45-30-23-38(24-31-45)43-20-19-41-26-32-48-46-17-9-7-13-39(46)25-33-49(48)50(41)35-43/h1-35H. The maximum Gasteiger partial charge on any atom is 0.0546 e. The van der Waals surface area contributed by atoms with Crippen LogP contribution in [0.2, 0.25) is 0 Å². The SMILES string of the molecule is c1ccc(-c2ccc(N(c3ccc(-c4ccc5ccc6c7ccccc7ccc6c5c4)cc3)c3ccc4ccccc4c3-c3ccccc3)cc2)cc1. The molecule has 0 amide bonds. The van der Waals surface area contributed by atoms with Gasteiger partial charge >= 0.3 is 0 Å². The minimum absolute atomic E-state index is 1.10. The summed E-state index contributed by atoms with van der Waals surface area (Å²) in [6.07, 6.45) is 0. The van der Waals surface area contributed by atoms with Crippen molar-refractivity contribution < 1.29 is 0 Å². The highest BCUT2D eigenvalue weighted by Crippen LogP contribution is 2.45. The second-order valence-corrected chi connectivity index (χ2v) is 13.7. The second kappa shape index (κ2) is 13.0. The topological polar surface area (TPSA) is 3.24 Å². The fraction of sp³-hybridized carbons (Fsp3) is 0. The lowest BCUT2D eigenvalue weighted by molar-refractivity contribution is 1.29. The first-order valence-electron chi connectivity index (χ1n) is 18.3. The average molecular weight is 674 g/mol. The van der Waals surface area contributed by atoms with Gasteiger partial charge in [-0.3, -0.25) is 0 Å². The van der Waals surface area contributed by atoms with E-state index in [1.54, 1.807) is 0 Å². The van der Waals surface area contributed by atoms with Crippen LogP contribution in [0.4, 0.5) is 17.1 Å². The van der Waals surface area contributed by atoms with Crippen LogP contribution in [0.3, 0.4) is 0 Å². The van der Waals surface area contributed by atoms with Gasteiger partial charge < -0.3 is 4.90 Å². The summed E-state index contributed by atoms with van der Waals surface area (Å²) in [4.78, 5) is 2.41. The number of hydrogen-bond donors (Lipinski definition) is 0. The zero-order chi connectivity index (χ0) is 35.1. The van der Waals surface area contributed by atoms with Crippen molar-refractivity contribution in [1.82, 2.24) is 0 Å². The highest BCUT2D eigenvalue weighted by atomic mass is 15.1. The Balaban J connectivity index is 1.12. The fourth-order valence-electron chi connectivity index (χ4n) is 8.02. The third-order valence-corrected chi connectivity index (χ3v) is 10.6. The van der Waals surface area contributed by atoms with Gasteiger partial charge in [0.05, 0.1) is 5.69 Å². The molecule has 10 aromatic rings. The first kappa shape index (κ1) is 30.8. The van der Waals surface area contributed by atoms with Gasteiger partial charge in [-0.25, -0.2) is 0 Å². The molecular formula is C52H35N. The summed E-state index contributed by atoms with van der Waals surface area (Å²) in [5, 5.41) is 10.1. The van der Waals surface area contributed by atoms with E-state index in [4.69, 9.17) is 0 Å². The van der Waals surface area contributed by atoms with Crippen molar-refractivity contribution >= 4 is 60.2 Å². The predicted octanol–water partition coefficient (Wildman–Crippen LogP) is 14.8. The molecule has 0 aliphatic heterocycles. The molecule has 0 N–H and O–H groups in total. The second-order valence-electron chi connectivity index (χ2n) is 13.7. The molecule has 0 saturated carbocycles. The maximum absolute atomic E-state index is 2.41. The van der Waals surface area contributed by atoms with Gasteiger partial charge in [0, 0.05) is 16.9 Å². The first-order valence-corrected chi connectivity index (χ1v) is 18.3. The molecule has 0 fully saturated rings. The molecule has 0 spiro atoms. The van der Waals surface area contributed by atoms with E-state index in [2.05, 4.69) is 217 Å². The number of nitrogens with zero attached hydrogens (tertiary/aromatic N) is 1. The molecule has 0 atom stereocenters. The first-order chi connectivity index (χ1) is 26.3. The van der Waals surface area contributed by atoms with Gasteiger partial charge in [0.1, 0.15) is 0 Å². The number of fused-ring (bicyclic) bond motifs is 6. The zero-order valence-corrected chi connectivity index (χ0v) is 29.2. The normalized spacial score (nSPS) is 11.4. The molecule has 0 heterocycles. The van der Waals surface area contributed by atoms with Crippen LogP contribution in [0.5, 0.6) is 0 Å². The minimum Gasteiger partial charge on any atom is -0.310 e. The molecule has 0 saturated heterocycles. The maximum atomic E-state index is 2.41. The van der Waals surface area contributed by atoms with Gasteiger partial charge in [0.25, 0.3) is 0 Å². The van der Waals surface area contributed by atoms with E-state index in [-0.39, 0.29) is 0 Å². The summed E-state index contributed by atoms with van der Waals surface area (Å²) in [6.45, 7) is 0. The number of hydrogen-bond acceptors (Lipinski definition) is 1. The van der Waals surface area contributed by atoms with Crippen molar-refractivity contribution in [3.8, 4) is 33.4 Å². The quantitative estimate of drug-likeness (QED) is 0.159. The molecule has 53 heavy (non-hydrogen) atoms. The Morgan fingerprint density at radius 3 is 1.34 bits per heavy atom. The van der Waals surface area contributed by atoms with E-state index in [0.717, 1.165) is 17.1 Å². The summed E-state index contributed by atoms with van der Waals surface area (Å²) in [6, 6.07) is 77.2. The Hall–Kier alpha value is -6.96. The van der Waals surface area contributed by atoms with Gasteiger partial charge in [-0.05, 0) is 107 Å². The van der Waals surface area contributed by atoms with E-state index in [0.29, 0.717) is 0 Å². The third kappa shape index (κ3) is 5.51.